The van der Waals surface area contributed by atoms with Gasteiger partial charge in [0.05, 0.1) is 12.8 Å². The average Bonchev–Trinajstić information content (AvgIpc) is 2.84. The van der Waals surface area contributed by atoms with Crippen molar-refractivity contribution in [3.05, 3.63) is 18.0 Å². The third-order valence-electron chi connectivity index (χ3n) is 3.44. The summed E-state index contributed by atoms with van der Waals surface area (Å²) < 4.78 is 7.46. The maximum Gasteiger partial charge on any atom is 0.0522 e. The van der Waals surface area contributed by atoms with Gasteiger partial charge in [0.15, 0.2) is 0 Å². The SMILES string of the molecule is CCn1cc(CC(NN)C2CCCOC2)cn1. The lowest BCUT2D eigenvalue weighted by atomic mass is 9.90. The topological polar surface area (TPSA) is 65.1 Å². The summed E-state index contributed by atoms with van der Waals surface area (Å²) in [6, 6.07) is 0.282. The first-order valence-corrected chi connectivity index (χ1v) is 6.38. The van der Waals surface area contributed by atoms with Gasteiger partial charge in [-0.1, -0.05) is 0 Å². The molecule has 2 heterocycles. The molecule has 1 saturated heterocycles. The number of hydrazine groups is 1. The fourth-order valence-electron chi connectivity index (χ4n) is 2.38. The maximum absolute atomic E-state index is 5.66. The van der Waals surface area contributed by atoms with Gasteiger partial charge in [-0.15, -0.1) is 0 Å². The van der Waals surface area contributed by atoms with Crippen LogP contribution in [-0.4, -0.2) is 29.0 Å². The van der Waals surface area contributed by atoms with Crippen LogP contribution in [0.25, 0.3) is 0 Å². The van der Waals surface area contributed by atoms with E-state index in [9.17, 15) is 0 Å². The van der Waals surface area contributed by atoms with E-state index in [0.717, 1.165) is 32.6 Å². The predicted molar refractivity (Wildman–Crippen MR) is 66.3 cm³/mol. The molecule has 0 aliphatic carbocycles. The van der Waals surface area contributed by atoms with E-state index < -0.39 is 0 Å². The van der Waals surface area contributed by atoms with Crippen LogP contribution in [0.2, 0.25) is 0 Å². The van der Waals surface area contributed by atoms with E-state index >= 15 is 0 Å². The molecule has 2 rings (SSSR count). The third-order valence-corrected chi connectivity index (χ3v) is 3.44. The predicted octanol–water partition coefficient (Wildman–Crippen LogP) is 0.704. The van der Waals surface area contributed by atoms with Crippen LogP contribution < -0.4 is 11.3 Å². The van der Waals surface area contributed by atoms with E-state index in [4.69, 9.17) is 10.6 Å². The van der Waals surface area contributed by atoms with Crippen molar-refractivity contribution in [2.75, 3.05) is 13.2 Å². The van der Waals surface area contributed by atoms with Gasteiger partial charge in [-0.05, 0) is 37.7 Å². The minimum absolute atomic E-state index is 0.282. The molecule has 0 spiro atoms. The lowest BCUT2D eigenvalue weighted by Crippen LogP contribution is -2.45. The zero-order valence-electron chi connectivity index (χ0n) is 10.4. The maximum atomic E-state index is 5.66. The number of nitrogens with zero attached hydrogens (tertiary/aromatic N) is 2. The van der Waals surface area contributed by atoms with Crippen LogP contribution in [0.4, 0.5) is 0 Å². The molecule has 5 nitrogen and oxygen atoms in total. The summed E-state index contributed by atoms with van der Waals surface area (Å²) in [6.07, 6.45) is 7.27. The number of hydrogen-bond donors (Lipinski definition) is 2. The summed E-state index contributed by atoms with van der Waals surface area (Å²) >= 11 is 0. The van der Waals surface area contributed by atoms with E-state index in [1.807, 2.05) is 10.9 Å². The zero-order valence-corrected chi connectivity index (χ0v) is 10.4. The van der Waals surface area contributed by atoms with E-state index in [1.54, 1.807) is 0 Å². The molecule has 0 amide bonds. The average molecular weight is 238 g/mol. The molecule has 1 aliphatic heterocycles. The smallest absolute Gasteiger partial charge is 0.0522 e. The highest BCUT2D eigenvalue weighted by atomic mass is 16.5. The summed E-state index contributed by atoms with van der Waals surface area (Å²) in [5, 5.41) is 4.28. The van der Waals surface area contributed by atoms with Crippen LogP contribution >= 0.6 is 0 Å². The molecule has 0 radical (unpaired) electrons. The molecular formula is C12H22N4O. The van der Waals surface area contributed by atoms with Gasteiger partial charge in [0.25, 0.3) is 0 Å². The van der Waals surface area contributed by atoms with Crippen LogP contribution in [0.5, 0.6) is 0 Å². The summed E-state index contributed by atoms with van der Waals surface area (Å²) in [5.41, 5.74) is 4.17. The van der Waals surface area contributed by atoms with Gasteiger partial charge in [-0.25, -0.2) is 0 Å². The normalized spacial score (nSPS) is 22.6. The highest BCUT2D eigenvalue weighted by Crippen LogP contribution is 2.19. The lowest BCUT2D eigenvalue weighted by Gasteiger charge is -2.29. The number of aromatic nitrogens is 2. The first-order valence-electron chi connectivity index (χ1n) is 6.38. The number of nitrogens with two attached hydrogens (primary N) is 1. The summed E-state index contributed by atoms with van der Waals surface area (Å²) in [6.45, 7) is 4.70. The van der Waals surface area contributed by atoms with Gasteiger partial charge in [-0.2, -0.15) is 5.10 Å². The minimum atomic E-state index is 0.282. The van der Waals surface area contributed by atoms with Crippen molar-refractivity contribution in [3.63, 3.8) is 0 Å². The van der Waals surface area contributed by atoms with Crippen molar-refractivity contribution in [1.29, 1.82) is 0 Å². The number of rotatable bonds is 5. The van der Waals surface area contributed by atoms with E-state index in [1.165, 1.54) is 12.0 Å². The van der Waals surface area contributed by atoms with Crippen LogP contribution in [0.1, 0.15) is 25.3 Å². The molecule has 1 aliphatic rings. The molecule has 96 valence electrons. The first kappa shape index (κ1) is 12.5. The van der Waals surface area contributed by atoms with E-state index in [0.29, 0.717) is 5.92 Å². The second-order valence-electron chi connectivity index (χ2n) is 4.66. The standard InChI is InChI=1S/C12H22N4O/c1-2-16-8-10(7-14-16)6-12(15-13)11-4-3-5-17-9-11/h7-8,11-12,15H,2-6,9,13H2,1H3. The second-order valence-corrected chi connectivity index (χ2v) is 4.66. The van der Waals surface area contributed by atoms with Crippen LogP contribution in [0.3, 0.4) is 0 Å². The Balaban J connectivity index is 1.93. The van der Waals surface area contributed by atoms with Crippen molar-refractivity contribution in [2.24, 2.45) is 11.8 Å². The largest absolute Gasteiger partial charge is 0.381 e. The van der Waals surface area contributed by atoms with E-state index in [2.05, 4.69) is 23.6 Å². The van der Waals surface area contributed by atoms with Gasteiger partial charge < -0.3 is 4.74 Å². The van der Waals surface area contributed by atoms with Gasteiger partial charge >= 0.3 is 0 Å². The minimum Gasteiger partial charge on any atom is -0.381 e. The molecule has 0 aromatic carbocycles. The Kier molecular flexibility index (Phi) is 4.53. The Morgan fingerprint density at radius 3 is 3.18 bits per heavy atom. The van der Waals surface area contributed by atoms with Gasteiger partial charge in [0.1, 0.15) is 0 Å². The number of nitrogens with one attached hydrogen (secondary N) is 1. The Bertz CT molecular complexity index is 333. The number of hydrogen-bond acceptors (Lipinski definition) is 4. The van der Waals surface area contributed by atoms with Gasteiger partial charge in [0.2, 0.25) is 0 Å². The molecular weight excluding hydrogens is 216 g/mol. The Labute approximate surface area is 102 Å². The molecule has 0 saturated carbocycles. The molecule has 1 aromatic rings. The highest BCUT2D eigenvalue weighted by molar-refractivity contribution is 5.06. The lowest BCUT2D eigenvalue weighted by molar-refractivity contribution is 0.0393. The molecule has 1 aromatic heterocycles. The summed E-state index contributed by atoms with van der Waals surface area (Å²) in [4.78, 5) is 0. The van der Waals surface area contributed by atoms with E-state index in [-0.39, 0.29) is 6.04 Å². The Morgan fingerprint density at radius 2 is 2.59 bits per heavy atom. The molecule has 2 unspecified atom stereocenters. The highest BCUT2D eigenvalue weighted by Gasteiger charge is 2.23. The van der Waals surface area contributed by atoms with Crippen molar-refractivity contribution in [2.45, 2.75) is 38.8 Å². The molecule has 17 heavy (non-hydrogen) atoms. The van der Waals surface area contributed by atoms with Crippen molar-refractivity contribution in [3.8, 4) is 0 Å². The molecule has 0 bridgehead atoms. The molecule has 2 atom stereocenters. The van der Waals surface area contributed by atoms with Crippen LogP contribution in [0.15, 0.2) is 12.4 Å². The number of aryl methyl sites for hydroxylation is 1. The van der Waals surface area contributed by atoms with Gasteiger partial charge in [0, 0.05) is 25.4 Å². The van der Waals surface area contributed by atoms with Gasteiger partial charge in [-0.3, -0.25) is 16.0 Å². The van der Waals surface area contributed by atoms with Crippen molar-refractivity contribution < 1.29 is 4.74 Å². The summed E-state index contributed by atoms with van der Waals surface area (Å²) in [7, 11) is 0. The van der Waals surface area contributed by atoms with Crippen LogP contribution in [-0.2, 0) is 17.7 Å². The molecule has 1 fully saturated rings. The fraction of sp³-hybridized carbons (Fsp3) is 0.750. The quantitative estimate of drug-likeness (QED) is 0.585. The molecule has 3 N–H and O–H groups in total. The molecule has 5 heteroatoms. The van der Waals surface area contributed by atoms with Crippen molar-refractivity contribution in [1.82, 2.24) is 15.2 Å². The Morgan fingerprint density at radius 1 is 1.71 bits per heavy atom. The monoisotopic (exact) mass is 238 g/mol. The third kappa shape index (κ3) is 3.28. The van der Waals surface area contributed by atoms with Crippen LogP contribution in [0, 0.1) is 5.92 Å². The first-order chi connectivity index (χ1) is 8.33. The zero-order chi connectivity index (χ0) is 12.1. The Hall–Kier alpha value is -0.910. The van der Waals surface area contributed by atoms with Crippen molar-refractivity contribution >= 4 is 0 Å². The summed E-state index contributed by atoms with van der Waals surface area (Å²) in [5.74, 6) is 6.17. The fourth-order valence-corrected chi connectivity index (χ4v) is 2.38. The second kappa shape index (κ2) is 6.14. The number of ether oxygens (including phenoxy) is 1.